The molecular formula is C14H22N2O3. The minimum Gasteiger partial charge on any atom is -0.389 e. The van der Waals surface area contributed by atoms with Gasteiger partial charge in [0.1, 0.15) is 5.82 Å². The van der Waals surface area contributed by atoms with E-state index >= 15 is 0 Å². The monoisotopic (exact) mass is 266 g/mol. The predicted molar refractivity (Wildman–Crippen MR) is 73.1 cm³/mol. The van der Waals surface area contributed by atoms with E-state index in [0.717, 1.165) is 11.4 Å². The van der Waals surface area contributed by atoms with Gasteiger partial charge in [0.2, 0.25) is 0 Å². The van der Waals surface area contributed by atoms with E-state index < -0.39 is 11.7 Å². The van der Waals surface area contributed by atoms with Crippen LogP contribution in [-0.4, -0.2) is 47.6 Å². The fourth-order valence-electron chi connectivity index (χ4n) is 2.33. The Morgan fingerprint density at radius 3 is 2.79 bits per heavy atom. The second-order valence-electron chi connectivity index (χ2n) is 5.32. The molecule has 1 fully saturated rings. The molecule has 1 saturated heterocycles. The van der Waals surface area contributed by atoms with Crippen LogP contribution in [-0.2, 0) is 4.74 Å². The van der Waals surface area contributed by atoms with Crippen molar-refractivity contribution in [2.75, 3.05) is 31.7 Å². The van der Waals surface area contributed by atoms with Gasteiger partial charge in [-0.3, -0.25) is 0 Å². The molecule has 19 heavy (non-hydrogen) atoms. The van der Waals surface area contributed by atoms with Gasteiger partial charge in [0.05, 0.1) is 11.7 Å². The number of aliphatic hydroxyl groups excluding tert-OH is 1. The van der Waals surface area contributed by atoms with E-state index in [1.54, 1.807) is 19.2 Å². The standard InChI is InChI=1S/C14H22N2O3/c1-11(17)12-3-6-15-13(9-12)16(2)10-14(18)4-7-19-8-5-14/h3,6,9,11,17-18H,4-5,7-8,10H2,1-2H3/t11-/m0/s1. The van der Waals surface area contributed by atoms with Crippen LogP contribution >= 0.6 is 0 Å². The summed E-state index contributed by atoms with van der Waals surface area (Å²) in [7, 11) is 1.90. The van der Waals surface area contributed by atoms with Crippen molar-refractivity contribution in [3.63, 3.8) is 0 Å². The maximum Gasteiger partial charge on any atom is 0.128 e. The second kappa shape index (κ2) is 5.86. The third kappa shape index (κ3) is 3.65. The zero-order valence-corrected chi connectivity index (χ0v) is 11.5. The maximum absolute atomic E-state index is 10.5. The molecule has 0 radical (unpaired) electrons. The van der Waals surface area contributed by atoms with Gasteiger partial charge in [-0.15, -0.1) is 0 Å². The number of ether oxygens (including phenoxy) is 1. The lowest BCUT2D eigenvalue weighted by Crippen LogP contribution is -2.46. The highest BCUT2D eigenvalue weighted by Crippen LogP contribution is 2.24. The molecule has 0 saturated carbocycles. The number of hydrogen-bond acceptors (Lipinski definition) is 5. The highest BCUT2D eigenvalue weighted by Gasteiger charge is 2.31. The first-order chi connectivity index (χ1) is 9.00. The van der Waals surface area contributed by atoms with Crippen molar-refractivity contribution in [1.29, 1.82) is 0 Å². The van der Waals surface area contributed by atoms with Gasteiger partial charge in [0.25, 0.3) is 0 Å². The summed E-state index contributed by atoms with van der Waals surface area (Å²) >= 11 is 0. The van der Waals surface area contributed by atoms with Gasteiger partial charge in [-0.25, -0.2) is 4.98 Å². The van der Waals surface area contributed by atoms with Crippen LogP contribution in [0.2, 0.25) is 0 Å². The van der Waals surface area contributed by atoms with Crippen molar-refractivity contribution >= 4 is 5.82 Å². The fourth-order valence-corrected chi connectivity index (χ4v) is 2.33. The summed E-state index contributed by atoms with van der Waals surface area (Å²) in [5.41, 5.74) is 0.117. The Hall–Kier alpha value is -1.17. The summed E-state index contributed by atoms with van der Waals surface area (Å²) in [6, 6.07) is 3.65. The summed E-state index contributed by atoms with van der Waals surface area (Å²) in [5.74, 6) is 0.762. The number of aromatic nitrogens is 1. The molecule has 1 atom stereocenters. The normalized spacial score (nSPS) is 20.0. The van der Waals surface area contributed by atoms with Crippen LogP contribution in [0, 0.1) is 0 Å². The number of pyridine rings is 1. The first kappa shape index (κ1) is 14.2. The van der Waals surface area contributed by atoms with Gasteiger partial charge in [0, 0.05) is 45.8 Å². The number of nitrogens with zero attached hydrogens (tertiary/aromatic N) is 2. The molecular weight excluding hydrogens is 244 g/mol. The highest BCUT2D eigenvalue weighted by molar-refractivity contribution is 5.41. The Kier molecular flexibility index (Phi) is 4.39. The van der Waals surface area contributed by atoms with Crippen LogP contribution in [0.15, 0.2) is 18.3 Å². The van der Waals surface area contributed by atoms with Crippen LogP contribution in [0.3, 0.4) is 0 Å². The molecule has 0 aromatic carbocycles. The molecule has 0 unspecified atom stereocenters. The van der Waals surface area contributed by atoms with E-state index in [9.17, 15) is 10.2 Å². The largest absolute Gasteiger partial charge is 0.389 e. The maximum atomic E-state index is 10.5. The van der Waals surface area contributed by atoms with Crippen LogP contribution in [0.5, 0.6) is 0 Å². The Bertz CT molecular complexity index is 417. The minimum absolute atomic E-state index is 0.513. The van der Waals surface area contributed by atoms with Gasteiger partial charge in [0.15, 0.2) is 0 Å². The minimum atomic E-state index is -0.713. The van der Waals surface area contributed by atoms with Gasteiger partial charge in [-0.05, 0) is 24.6 Å². The molecule has 0 aliphatic carbocycles. The smallest absolute Gasteiger partial charge is 0.128 e. The summed E-state index contributed by atoms with van der Waals surface area (Å²) < 4.78 is 5.28. The third-order valence-electron chi connectivity index (χ3n) is 3.60. The van der Waals surface area contributed by atoms with E-state index in [2.05, 4.69) is 4.98 Å². The lowest BCUT2D eigenvalue weighted by molar-refractivity contribution is -0.0573. The SMILES string of the molecule is C[C@H](O)c1ccnc(N(C)CC2(O)CCOCC2)c1. The van der Waals surface area contributed by atoms with Crippen LogP contribution in [0.4, 0.5) is 5.82 Å². The number of aliphatic hydroxyl groups is 2. The zero-order valence-electron chi connectivity index (χ0n) is 11.5. The van der Waals surface area contributed by atoms with Crippen molar-refractivity contribution < 1.29 is 14.9 Å². The molecule has 5 nitrogen and oxygen atoms in total. The predicted octanol–water partition coefficient (Wildman–Crippen LogP) is 1.11. The number of rotatable bonds is 4. The molecule has 2 rings (SSSR count). The molecule has 0 spiro atoms. The number of likely N-dealkylation sites (N-methyl/N-ethyl adjacent to an activating group) is 1. The van der Waals surface area contributed by atoms with Crippen LogP contribution < -0.4 is 4.90 Å². The molecule has 1 aromatic heterocycles. The lowest BCUT2D eigenvalue weighted by Gasteiger charge is -2.35. The Balaban J connectivity index is 2.06. The van der Waals surface area contributed by atoms with Crippen molar-refractivity contribution in [2.24, 2.45) is 0 Å². The van der Waals surface area contributed by atoms with Crippen molar-refractivity contribution in [1.82, 2.24) is 4.98 Å². The molecule has 2 heterocycles. The summed E-state index contributed by atoms with van der Waals surface area (Å²) in [6.45, 7) is 3.45. The highest BCUT2D eigenvalue weighted by atomic mass is 16.5. The number of hydrogen-bond donors (Lipinski definition) is 2. The van der Waals surface area contributed by atoms with E-state index in [4.69, 9.17) is 4.74 Å². The second-order valence-corrected chi connectivity index (χ2v) is 5.32. The van der Waals surface area contributed by atoms with Crippen molar-refractivity contribution in [3.05, 3.63) is 23.9 Å². The molecule has 1 aromatic rings. The topological polar surface area (TPSA) is 65.8 Å². The van der Waals surface area contributed by atoms with E-state index in [-0.39, 0.29) is 0 Å². The Morgan fingerprint density at radius 2 is 2.16 bits per heavy atom. The van der Waals surface area contributed by atoms with Gasteiger partial charge in [-0.1, -0.05) is 0 Å². The Morgan fingerprint density at radius 1 is 1.47 bits per heavy atom. The third-order valence-corrected chi connectivity index (χ3v) is 3.60. The van der Waals surface area contributed by atoms with E-state index in [1.807, 2.05) is 18.0 Å². The number of anilines is 1. The summed E-state index contributed by atoms with van der Waals surface area (Å²) in [6.07, 6.45) is 2.46. The fraction of sp³-hybridized carbons (Fsp3) is 0.643. The van der Waals surface area contributed by atoms with Crippen LogP contribution in [0.1, 0.15) is 31.4 Å². The van der Waals surface area contributed by atoms with Crippen LogP contribution in [0.25, 0.3) is 0 Å². The lowest BCUT2D eigenvalue weighted by atomic mass is 9.94. The summed E-state index contributed by atoms with van der Waals surface area (Å²) in [4.78, 5) is 6.22. The average molecular weight is 266 g/mol. The molecule has 1 aliphatic rings. The van der Waals surface area contributed by atoms with Gasteiger partial charge in [-0.2, -0.15) is 0 Å². The average Bonchev–Trinajstić information content (AvgIpc) is 2.39. The van der Waals surface area contributed by atoms with E-state index in [0.29, 0.717) is 32.6 Å². The summed E-state index contributed by atoms with van der Waals surface area (Å²) in [5, 5.41) is 20.1. The molecule has 0 bridgehead atoms. The quantitative estimate of drug-likeness (QED) is 0.854. The molecule has 1 aliphatic heterocycles. The first-order valence-corrected chi connectivity index (χ1v) is 6.65. The van der Waals surface area contributed by atoms with Gasteiger partial charge >= 0.3 is 0 Å². The molecule has 106 valence electrons. The van der Waals surface area contributed by atoms with Crippen molar-refractivity contribution in [3.8, 4) is 0 Å². The molecule has 5 heteroatoms. The molecule has 0 amide bonds. The first-order valence-electron chi connectivity index (χ1n) is 6.65. The van der Waals surface area contributed by atoms with E-state index in [1.165, 1.54) is 0 Å². The molecule has 2 N–H and O–H groups in total. The zero-order chi connectivity index (χ0) is 13.9. The Labute approximate surface area is 113 Å². The van der Waals surface area contributed by atoms with Gasteiger partial charge < -0.3 is 19.8 Å². The van der Waals surface area contributed by atoms with Crippen molar-refractivity contribution in [2.45, 2.75) is 31.5 Å².